The lowest BCUT2D eigenvalue weighted by atomic mass is 10.1. The van der Waals surface area contributed by atoms with E-state index in [0.717, 1.165) is 12.8 Å². The Morgan fingerprint density at radius 1 is 0.889 bits per heavy atom. The number of carbonyl (C=O) groups excluding carboxylic acids is 2. The molecule has 1 aliphatic heterocycles. The molecule has 1 saturated heterocycles. The number of hydrogen-bond donors (Lipinski definition) is 2. The van der Waals surface area contributed by atoms with Crippen molar-refractivity contribution >= 4 is 44.1 Å². The molecule has 1 amide bonds. The molecule has 2 heterocycles. The monoisotopic (exact) mass is 503 g/mol. The zero-order valence-corrected chi connectivity index (χ0v) is 20.3. The predicted octanol–water partition coefficient (Wildman–Crippen LogP) is 4.76. The van der Waals surface area contributed by atoms with Crippen molar-refractivity contribution in [1.29, 1.82) is 0 Å². The first-order valence-corrected chi connectivity index (χ1v) is 13.1. The van der Waals surface area contributed by atoms with Crippen LogP contribution in [0.2, 0.25) is 0 Å². The van der Waals surface area contributed by atoms with Crippen LogP contribution in [0.1, 0.15) is 33.8 Å². The summed E-state index contributed by atoms with van der Waals surface area (Å²) in [6.07, 6.45) is 1.67. The summed E-state index contributed by atoms with van der Waals surface area (Å²) in [5, 5.41) is 6.51. The van der Waals surface area contributed by atoms with Crippen molar-refractivity contribution in [3.8, 4) is 0 Å². The first-order valence-electron chi connectivity index (χ1n) is 11.7. The largest absolute Gasteiger partial charge is 0.449 e. The molecule has 0 atom stereocenters. The number of benzene rings is 3. The smallest absolute Gasteiger partial charge is 0.293 e. The Morgan fingerprint density at radius 3 is 2.39 bits per heavy atom. The van der Waals surface area contributed by atoms with Crippen molar-refractivity contribution in [2.24, 2.45) is 0 Å². The Morgan fingerprint density at radius 2 is 1.61 bits per heavy atom. The maximum absolute atomic E-state index is 13.0. The second-order valence-electron chi connectivity index (χ2n) is 8.54. The van der Waals surface area contributed by atoms with Gasteiger partial charge in [0.1, 0.15) is 5.58 Å². The van der Waals surface area contributed by atoms with E-state index in [0.29, 0.717) is 35.4 Å². The Kier molecular flexibility index (Phi) is 6.58. The molecule has 0 spiro atoms. The van der Waals surface area contributed by atoms with E-state index in [4.69, 9.17) is 4.42 Å². The number of carbonyl (C=O) groups is 2. The molecule has 0 unspecified atom stereocenters. The van der Waals surface area contributed by atoms with Gasteiger partial charge >= 0.3 is 0 Å². The second kappa shape index (κ2) is 9.96. The summed E-state index contributed by atoms with van der Waals surface area (Å²) in [5.41, 5.74) is 1.78. The lowest BCUT2D eigenvalue weighted by molar-refractivity contribution is 0.0990. The molecular formula is C27H25N3O5S. The van der Waals surface area contributed by atoms with E-state index in [1.165, 1.54) is 16.4 Å². The second-order valence-corrected chi connectivity index (χ2v) is 10.5. The molecule has 1 aliphatic rings. The van der Waals surface area contributed by atoms with Gasteiger partial charge in [0.05, 0.1) is 17.1 Å². The maximum Gasteiger partial charge on any atom is 0.293 e. The molecule has 184 valence electrons. The van der Waals surface area contributed by atoms with Crippen LogP contribution in [0, 0.1) is 0 Å². The summed E-state index contributed by atoms with van der Waals surface area (Å²) < 4.78 is 33.1. The SMILES string of the molecule is O=C(CNc1c(C(=O)Nc2ccccc2)oc2ccccc12)c1cccc(S(=O)(=O)N2CCCC2)c1. The summed E-state index contributed by atoms with van der Waals surface area (Å²) in [4.78, 5) is 26.1. The van der Waals surface area contributed by atoms with E-state index >= 15 is 0 Å². The van der Waals surface area contributed by atoms with Crippen LogP contribution in [-0.4, -0.2) is 44.0 Å². The summed E-state index contributed by atoms with van der Waals surface area (Å²) in [7, 11) is -3.64. The van der Waals surface area contributed by atoms with Crippen molar-refractivity contribution in [3.05, 3.63) is 90.2 Å². The van der Waals surface area contributed by atoms with Gasteiger partial charge in [0, 0.05) is 29.7 Å². The third kappa shape index (κ3) is 4.75. The fraction of sp³-hybridized carbons (Fsp3) is 0.185. The van der Waals surface area contributed by atoms with Crippen LogP contribution >= 0.6 is 0 Å². The Hall–Kier alpha value is -3.95. The highest BCUT2D eigenvalue weighted by Gasteiger charge is 2.28. The number of para-hydroxylation sites is 2. The Bertz CT molecular complexity index is 1520. The third-order valence-electron chi connectivity index (χ3n) is 6.12. The van der Waals surface area contributed by atoms with Crippen molar-refractivity contribution in [1.82, 2.24) is 4.31 Å². The number of nitrogens with zero attached hydrogens (tertiary/aromatic N) is 1. The highest BCUT2D eigenvalue weighted by Crippen LogP contribution is 2.31. The molecule has 5 rings (SSSR count). The molecule has 0 radical (unpaired) electrons. The van der Waals surface area contributed by atoms with Crippen LogP contribution in [0.15, 0.2) is 88.2 Å². The number of fused-ring (bicyclic) bond motifs is 1. The molecule has 1 fully saturated rings. The van der Waals surface area contributed by atoms with E-state index < -0.39 is 15.9 Å². The minimum Gasteiger partial charge on any atom is -0.449 e. The fourth-order valence-corrected chi connectivity index (χ4v) is 5.83. The summed E-state index contributed by atoms with van der Waals surface area (Å²) >= 11 is 0. The van der Waals surface area contributed by atoms with Crippen LogP contribution in [0.3, 0.4) is 0 Å². The third-order valence-corrected chi connectivity index (χ3v) is 8.01. The molecule has 9 heteroatoms. The quantitative estimate of drug-likeness (QED) is 0.336. The van der Waals surface area contributed by atoms with Gasteiger partial charge in [0.15, 0.2) is 5.78 Å². The molecule has 1 aromatic heterocycles. The molecule has 2 N–H and O–H groups in total. The van der Waals surface area contributed by atoms with Gasteiger partial charge in [-0.15, -0.1) is 0 Å². The van der Waals surface area contributed by atoms with Crippen molar-refractivity contribution in [2.45, 2.75) is 17.7 Å². The number of furan rings is 1. The number of Topliss-reactive ketones (excluding diaryl/α,β-unsaturated/α-hetero) is 1. The van der Waals surface area contributed by atoms with Gasteiger partial charge in [0.25, 0.3) is 5.91 Å². The minimum absolute atomic E-state index is 0.0539. The summed E-state index contributed by atoms with van der Waals surface area (Å²) in [5.74, 6) is -0.711. The van der Waals surface area contributed by atoms with Crippen LogP contribution in [0.25, 0.3) is 11.0 Å². The van der Waals surface area contributed by atoms with E-state index in [1.54, 1.807) is 42.5 Å². The van der Waals surface area contributed by atoms with Gasteiger partial charge in [-0.1, -0.05) is 42.5 Å². The van der Waals surface area contributed by atoms with Crippen LogP contribution in [0.5, 0.6) is 0 Å². The van der Waals surface area contributed by atoms with E-state index in [9.17, 15) is 18.0 Å². The topological polar surface area (TPSA) is 109 Å². The average molecular weight is 504 g/mol. The summed E-state index contributed by atoms with van der Waals surface area (Å²) in [6, 6.07) is 22.2. The Labute approximate surface area is 209 Å². The molecule has 4 aromatic rings. The molecule has 8 nitrogen and oxygen atoms in total. The molecule has 0 bridgehead atoms. The highest BCUT2D eigenvalue weighted by molar-refractivity contribution is 7.89. The predicted molar refractivity (Wildman–Crippen MR) is 138 cm³/mol. The minimum atomic E-state index is -3.64. The van der Waals surface area contributed by atoms with Crippen molar-refractivity contribution in [2.75, 3.05) is 30.3 Å². The van der Waals surface area contributed by atoms with E-state index in [2.05, 4.69) is 10.6 Å². The number of anilines is 2. The number of rotatable bonds is 8. The van der Waals surface area contributed by atoms with Gasteiger partial charge in [-0.3, -0.25) is 9.59 Å². The van der Waals surface area contributed by atoms with Crippen molar-refractivity contribution < 1.29 is 22.4 Å². The summed E-state index contributed by atoms with van der Waals surface area (Å²) in [6.45, 7) is 0.829. The average Bonchev–Trinajstić information content (AvgIpc) is 3.57. The van der Waals surface area contributed by atoms with Gasteiger partial charge in [-0.25, -0.2) is 8.42 Å². The number of ketones is 1. The normalized spacial score (nSPS) is 14.1. The Balaban J connectivity index is 1.38. The standard InChI is InChI=1S/C27H25N3O5S/c31-23(19-9-8-12-21(17-19)36(33,34)30-15-6-7-16-30)18-28-25-22-13-4-5-14-24(22)35-26(25)27(32)29-20-10-2-1-3-11-20/h1-5,8-14,17,28H,6-7,15-16,18H2,(H,29,32). The van der Waals surface area contributed by atoms with Crippen LogP contribution < -0.4 is 10.6 Å². The van der Waals surface area contributed by atoms with Gasteiger partial charge in [0.2, 0.25) is 15.8 Å². The van der Waals surface area contributed by atoms with Crippen LogP contribution in [0.4, 0.5) is 11.4 Å². The molecule has 0 aliphatic carbocycles. The van der Waals surface area contributed by atoms with Gasteiger partial charge in [-0.05, 0) is 49.2 Å². The fourth-order valence-electron chi connectivity index (χ4n) is 4.27. The molecule has 0 saturated carbocycles. The lowest BCUT2D eigenvalue weighted by Crippen LogP contribution is -2.28. The van der Waals surface area contributed by atoms with E-state index in [1.807, 2.05) is 24.3 Å². The zero-order chi connectivity index (χ0) is 25.1. The number of sulfonamides is 1. The van der Waals surface area contributed by atoms with Gasteiger partial charge < -0.3 is 15.1 Å². The molecule has 36 heavy (non-hydrogen) atoms. The maximum atomic E-state index is 13.0. The molecular weight excluding hydrogens is 478 g/mol. The first kappa shape index (κ1) is 23.8. The number of hydrogen-bond acceptors (Lipinski definition) is 6. The number of nitrogens with one attached hydrogen (secondary N) is 2. The van der Waals surface area contributed by atoms with Gasteiger partial charge in [-0.2, -0.15) is 4.31 Å². The lowest BCUT2D eigenvalue weighted by Gasteiger charge is -2.16. The highest BCUT2D eigenvalue weighted by atomic mass is 32.2. The number of amides is 1. The van der Waals surface area contributed by atoms with E-state index in [-0.39, 0.29) is 28.5 Å². The first-order chi connectivity index (χ1) is 17.4. The zero-order valence-electron chi connectivity index (χ0n) is 19.4. The molecule has 3 aromatic carbocycles. The van der Waals surface area contributed by atoms with Crippen molar-refractivity contribution in [3.63, 3.8) is 0 Å². The van der Waals surface area contributed by atoms with Crippen LogP contribution in [-0.2, 0) is 10.0 Å².